The first-order chi connectivity index (χ1) is 19.6. The third-order valence-electron chi connectivity index (χ3n) is 9.09. The van der Waals surface area contributed by atoms with Crippen LogP contribution in [0.5, 0.6) is 0 Å². The second kappa shape index (κ2) is 10.8. The first kappa shape index (κ1) is 27.8. The Balaban J connectivity index is 1.40. The highest BCUT2D eigenvalue weighted by atomic mass is 32.2. The van der Waals surface area contributed by atoms with Crippen LogP contribution in [-0.2, 0) is 21.4 Å². The van der Waals surface area contributed by atoms with Crippen molar-refractivity contribution in [3.05, 3.63) is 53.1 Å². The Bertz CT molecular complexity index is 1610. The Morgan fingerprint density at radius 1 is 0.927 bits per heavy atom. The minimum absolute atomic E-state index is 0.0114. The van der Waals surface area contributed by atoms with E-state index in [9.17, 15) is 23.1 Å². The maximum Gasteiger partial charge on any atom is 0.335 e. The highest BCUT2D eigenvalue weighted by Crippen LogP contribution is 2.47. The number of anilines is 1. The molecule has 2 aromatic carbocycles. The van der Waals surface area contributed by atoms with Crippen LogP contribution in [-0.4, -0.2) is 84.7 Å². The summed E-state index contributed by atoms with van der Waals surface area (Å²) in [7, 11) is -3.27. The van der Waals surface area contributed by atoms with Crippen LogP contribution < -0.4 is 4.90 Å². The van der Waals surface area contributed by atoms with Gasteiger partial charge in [-0.05, 0) is 55.0 Å². The lowest BCUT2D eigenvalue weighted by atomic mass is 9.81. The van der Waals surface area contributed by atoms with Crippen LogP contribution >= 0.6 is 0 Å². The molecular formula is C31H38N4O5S. The number of carbonyl (C=O) groups is 2. The fourth-order valence-electron chi connectivity index (χ4n) is 6.98. The molecule has 218 valence electrons. The van der Waals surface area contributed by atoms with Crippen molar-refractivity contribution in [3.8, 4) is 11.3 Å². The summed E-state index contributed by atoms with van der Waals surface area (Å²) in [6.07, 6.45) is 7.08. The fraction of sp³-hybridized carbons (Fsp3) is 0.484. The smallest absolute Gasteiger partial charge is 0.335 e. The van der Waals surface area contributed by atoms with Crippen molar-refractivity contribution in [3.63, 3.8) is 0 Å². The van der Waals surface area contributed by atoms with Crippen LogP contribution in [0, 0.1) is 6.92 Å². The topological polar surface area (TPSA) is 103 Å². The van der Waals surface area contributed by atoms with Gasteiger partial charge in [0.1, 0.15) is 0 Å². The summed E-state index contributed by atoms with van der Waals surface area (Å²) in [4.78, 5) is 29.4. The molecule has 3 aliphatic rings. The van der Waals surface area contributed by atoms with Crippen LogP contribution in [0.2, 0.25) is 0 Å². The summed E-state index contributed by atoms with van der Waals surface area (Å²) < 4.78 is 27.6. The molecule has 6 rings (SSSR count). The zero-order valence-electron chi connectivity index (χ0n) is 23.8. The Morgan fingerprint density at radius 2 is 1.66 bits per heavy atom. The number of nitrogens with zero attached hydrogens (tertiary/aromatic N) is 4. The van der Waals surface area contributed by atoms with E-state index in [1.165, 1.54) is 35.4 Å². The molecule has 3 aromatic rings. The number of carboxylic acid groups (broad SMARTS) is 1. The van der Waals surface area contributed by atoms with Crippen molar-refractivity contribution in [2.75, 3.05) is 50.4 Å². The van der Waals surface area contributed by atoms with Gasteiger partial charge in [0.15, 0.2) is 0 Å². The van der Waals surface area contributed by atoms with Gasteiger partial charge in [0, 0.05) is 61.4 Å². The highest BCUT2D eigenvalue weighted by Gasteiger charge is 2.32. The average molecular weight is 579 g/mol. The highest BCUT2D eigenvalue weighted by molar-refractivity contribution is 7.88. The van der Waals surface area contributed by atoms with E-state index < -0.39 is 16.0 Å². The van der Waals surface area contributed by atoms with E-state index in [0.29, 0.717) is 45.2 Å². The molecule has 0 spiro atoms. The zero-order chi connectivity index (χ0) is 28.9. The average Bonchev–Trinajstić information content (AvgIpc) is 3.20. The van der Waals surface area contributed by atoms with Gasteiger partial charge in [0.2, 0.25) is 15.9 Å². The maximum atomic E-state index is 13.5. The molecule has 9 nitrogen and oxygen atoms in total. The molecule has 1 N–H and O–H groups in total. The molecule has 1 saturated carbocycles. The number of carbonyl (C=O) groups excluding carboxylic acids is 1. The van der Waals surface area contributed by atoms with E-state index >= 15 is 0 Å². The molecule has 1 amide bonds. The molecular weight excluding hydrogens is 540 g/mol. The summed E-state index contributed by atoms with van der Waals surface area (Å²) in [5, 5.41) is 10.9. The minimum atomic E-state index is -3.27. The number of hydrogen-bond acceptors (Lipinski definition) is 5. The second-order valence-electron chi connectivity index (χ2n) is 11.8. The Labute approximate surface area is 241 Å². The molecule has 0 bridgehead atoms. The maximum absolute atomic E-state index is 13.5. The molecule has 0 radical (unpaired) electrons. The molecule has 10 heteroatoms. The van der Waals surface area contributed by atoms with Gasteiger partial charge in [-0.3, -0.25) is 4.79 Å². The summed E-state index contributed by atoms with van der Waals surface area (Å²) >= 11 is 0. The largest absolute Gasteiger partial charge is 0.478 e. The summed E-state index contributed by atoms with van der Waals surface area (Å²) in [5.41, 5.74) is 6.90. The van der Waals surface area contributed by atoms with E-state index in [-0.39, 0.29) is 18.0 Å². The predicted molar refractivity (Wildman–Crippen MR) is 160 cm³/mol. The van der Waals surface area contributed by atoms with Gasteiger partial charge in [0.25, 0.3) is 0 Å². The van der Waals surface area contributed by atoms with Crippen LogP contribution in [0.15, 0.2) is 36.4 Å². The SMILES string of the molecule is Cc1ccc2c(c1)N(CC(=O)N1CCN(S(C)(=O)=O)CC1)CCn1c-2c(C2CCCCC2)c2ccc(C(=O)O)cc21. The first-order valence-corrected chi connectivity index (χ1v) is 16.4. The van der Waals surface area contributed by atoms with E-state index in [1.807, 2.05) is 12.1 Å². The van der Waals surface area contributed by atoms with Gasteiger partial charge >= 0.3 is 5.97 Å². The van der Waals surface area contributed by atoms with Crippen molar-refractivity contribution in [2.45, 2.75) is 51.5 Å². The van der Waals surface area contributed by atoms with Gasteiger partial charge < -0.3 is 19.5 Å². The number of amides is 1. The van der Waals surface area contributed by atoms with Gasteiger partial charge in [-0.15, -0.1) is 0 Å². The summed E-state index contributed by atoms with van der Waals surface area (Å²) in [6.45, 7) is 4.89. The van der Waals surface area contributed by atoms with E-state index in [0.717, 1.165) is 46.3 Å². The van der Waals surface area contributed by atoms with Crippen molar-refractivity contribution < 1.29 is 23.1 Å². The number of carboxylic acids is 1. The molecule has 1 aliphatic carbocycles. The Morgan fingerprint density at radius 3 is 2.34 bits per heavy atom. The van der Waals surface area contributed by atoms with Crippen LogP contribution in [0.25, 0.3) is 22.2 Å². The molecule has 3 heterocycles. The molecule has 0 atom stereocenters. The number of piperazine rings is 1. The van der Waals surface area contributed by atoms with Gasteiger partial charge in [-0.1, -0.05) is 37.5 Å². The number of aromatic nitrogens is 1. The fourth-order valence-corrected chi connectivity index (χ4v) is 7.80. The van der Waals surface area contributed by atoms with Crippen LogP contribution in [0.3, 0.4) is 0 Å². The number of hydrogen-bond donors (Lipinski definition) is 1. The van der Waals surface area contributed by atoms with E-state index in [4.69, 9.17) is 0 Å². The molecule has 0 unspecified atom stereocenters. The van der Waals surface area contributed by atoms with Crippen molar-refractivity contribution in [2.24, 2.45) is 0 Å². The lowest BCUT2D eigenvalue weighted by Crippen LogP contribution is -2.52. The molecule has 1 aromatic heterocycles. The summed E-state index contributed by atoms with van der Waals surface area (Å²) in [5.74, 6) is -0.538. The molecule has 1 saturated heterocycles. The number of sulfonamides is 1. The monoisotopic (exact) mass is 578 g/mol. The Hall–Kier alpha value is -3.37. The first-order valence-electron chi connectivity index (χ1n) is 14.6. The molecule has 2 fully saturated rings. The van der Waals surface area contributed by atoms with E-state index in [1.54, 1.807) is 11.0 Å². The normalized spacial score (nSPS) is 18.7. The third-order valence-corrected chi connectivity index (χ3v) is 10.4. The lowest BCUT2D eigenvalue weighted by molar-refractivity contribution is -0.130. The van der Waals surface area contributed by atoms with Crippen LogP contribution in [0.4, 0.5) is 5.69 Å². The minimum Gasteiger partial charge on any atom is -0.478 e. The van der Waals surface area contributed by atoms with Gasteiger partial charge in [-0.25, -0.2) is 13.2 Å². The standard InChI is InChI=1S/C31H38N4O5S/c1-21-8-10-25-26(18-21)33(20-28(36)32-12-15-34(16-13-32)41(2,39)40)14-17-35-27-19-23(31(37)38)9-11-24(27)29(30(25)35)22-6-4-3-5-7-22/h8-11,18-19,22H,3-7,12-17,20H2,1-2H3,(H,37,38). The summed E-state index contributed by atoms with van der Waals surface area (Å²) in [6, 6.07) is 12.0. The van der Waals surface area contributed by atoms with Gasteiger partial charge in [-0.2, -0.15) is 4.31 Å². The number of aromatic carboxylic acids is 1. The molecule has 2 aliphatic heterocycles. The zero-order valence-corrected chi connectivity index (χ0v) is 24.6. The van der Waals surface area contributed by atoms with Crippen molar-refractivity contribution >= 4 is 38.5 Å². The number of fused-ring (bicyclic) bond motifs is 5. The number of aryl methyl sites for hydroxylation is 1. The predicted octanol–water partition coefficient (Wildman–Crippen LogP) is 4.29. The van der Waals surface area contributed by atoms with Gasteiger partial charge in [0.05, 0.1) is 24.1 Å². The number of rotatable bonds is 5. The second-order valence-corrected chi connectivity index (χ2v) is 13.8. The number of benzene rings is 2. The lowest BCUT2D eigenvalue weighted by Gasteiger charge is -2.35. The third kappa shape index (κ3) is 5.23. The van der Waals surface area contributed by atoms with Crippen LogP contribution in [0.1, 0.15) is 59.5 Å². The van der Waals surface area contributed by atoms with E-state index in [2.05, 4.69) is 34.6 Å². The van der Waals surface area contributed by atoms with Crippen molar-refractivity contribution in [1.29, 1.82) is 0 Å². The molecule has 41 heavy (non-hydrogen) atoms. The Kier molecular flexibility index (Phi) is 7.32. The quantitative estimate of drug-likeness (QED) is 0.485. The van der Waals surface area contributed by atoms with Crippen molar-refractivity contribution in [1.82, 2.24) is 13.8 Å².